The lowest BCUT2D eigenvalue weighted by Crippen LogP contribution is -2.56. The number of rotatable bonds is 4. The molecule has 114 valence electrons. The van der Waals surface area contributed by atoms with Gasteiger partial charge in [0, 0.05) is 31.2 Å². The highest BCUT2D eigenvalue weighted by atomic mass is 16.4. The Morgan fingerprint density at radius 2 is 2.10 bits per heavy atom. The highest BCUT2D eigenvalue weighted by Crippen LogP contribution is 2.33. The van der Waals surface area contributed by atoms with Crippen LogP contribution in [0.25, 0.3) is 0 Å². The van der Waals surface area contributed by atoms with E-state index in [1.165, 1.54) is 19.4 Å². The second-order valence-corrected chi connectivity index (χ2v) is 6.36. The topological polar surface area (TPSA) is 43.8 Å². The summed E-state index contributed by atoms with van der Waals surface area (Å²) < 4.78 is 0. The largest absolute Gasteiger partial charge is 0.481 e. The van der Waals surface area contributed by atoms with E-state index < -0.39 is 5.97 Å². The van der Waals surface area contributed by atoms with Crippen molar-refractivity contribution < 1.29 is 9.90 Å². The molecule has 3 rings (SSSR count). The maximum atomic E-state index is 11.3. The van der Waals surface area contributed by atoms with Crippen molar-refractivity contribution in [2.75, 3.05) is 19.6 Å². The number of carboxylic acid groups (broad SMARTS) is 1. The zero-order valence-electron chi connectivity index (χ0n) is 12.6. The van der Waals surface area contributed by atoms with Gasteiger partial charge in [-0.15, -0.1) is 0 Å². The van der Waals surface area contributed by atoms with Crippen LogP contribution >= 0.6 is 0 Å². The first kappa shape index (κ1) is 14.5. The predicted molar refractivity (Wildman–Crippen MR) is 82.2 cm³/mol. The molecule has 2 aliphatic rings. The lowest BCUT2D eigenvalue weighted by atomic mass is 9.97. The van der Waals surface area contributed by atoms with Crippen molar-refractivity contribution in [3.8, 4) is 0 Å². The van der Waals surface area contributed by atoms with E-state index in [0.717, 1.165) is 18.7 Å². The molecule has 1 aromatic carbocycles. The van der Waals surface area contributed by atoms with Crippen LogP contribution < -0.4 is 0 Å². The molecule has 0 bridgehead atoms. The summed E-state index contributed by atoms with van der Waals surface area (Å²) >= 11 is 0. The molecule has 0 aliphatic carbocycles. The molecule has 0 amide bonds. The van der Waals surface area contributed by atoms with Crippen molar-refractivity contribution in [3.05, 3.63) is 35.9 Å². The Morgan fingerprint density at radius 1 is 1.33 bits per heavy atom. The number of carbonyl (C=O) groups is 1. The summed E-state index contributed by atoms with van der Waals surface area (Å²) in [4.78, 5) is 16.3. The Balaban J connectivity index is 1.83. The molecule has 4 heteroatoms. The Hall–Kier alpha value is -1.39. The van der Waals surface area contributed by atoms with Crippen molar-refractivity contribution in [3.63, 3.8) is 0 Å². The number of hydrogen-bond donors (Lipinski definition) is 1. The normalized spacial score (nSPS) is 28.2. The smallest absolute Gasteiger partial charge is 0.305 e. The van der Waals surface area contributed by atoms with Gasteiger partial charge >= 0.3 is 5.97 Å². The van der Waals surface area contributed by atoms with E-state index in [1.54, 1.807) is 0 Å². The molecule has 3 unspecified atom stereocenters. The van der Waals surface area contributed by atoms with Gasteiger partial charge in [0.05, 0.1) is 6.42 Å². The molecule has 21 heavy (non-hydrogen) atoms. The van der Waals surface area contributed by atoms with Crippen LogP contribution in [0.2, 0.25) is 0 Å². The van der Waals surface area contributed by atoms with Crippen LogP contribution in [0.15, 0.2) is 30.3 Å². The molecule has 4 nitrogen and oxygen atoms in total. The molecule has 0 saturated carbocycles. The molecule has 2 fully saturated rings. The second-order valence-electron chi connectivity index (χ2n) is 6.36. The summed E-state index contributed by atoms with van der Waals surface area (Å²) in [6.45, 7) is 5.49. The van der Waals surface area contributed by atoms with Crippen molar-refractivity contribution in [1.82, 2.24) is 9.80 Å². The van der Waals surface area contributed by atoms with E-state index in [9.17, 15) is 9.90 Å². The van der Waals surface area contributed by atoms with Gasteiger partial charge in [0.2, 0.25) is 0 Å². The highest BCUT2D eigenvalue weighted by molar-refractivity contribution is 5.68. The summed E-state index contributed by atoms with van der Waals surface area (Å²) in [5, 5.41) is 9.31. The van der Waals surface area contributed by atoms with E-state index in [1.807, 2.05) is 18.2 Å². The quantitative estimate of drug-likeness (QED) is 0.924. The van der Waals surface area contributed by atoms with Crippen LogP contribution in [-0.4, -0.2) is 52.6 Å². The summed E-state index contributed by atoms with van der Waals surface area (Å²) in [7, 11) is 0. The van der Waals surface area contributed by atoms with Gasteiger partial charge in [-0.3, -0.25) is 14.6 Å². The second kappa shape index (κ2) is 6.16. The van der Waals surface area contributed by atoms with Crippen molar-refractivity contribution in [1.29, 1.82) is 0 Å². The van der Waals surface area contributed by atoms with E-state index in [0.29, 0.717) is 12.1 Å². The van der Waals surface area contributed by atoms with E-state index in [2.05, 4.69) is 28.9 Å². The summed E-state index contributed by atoms with van der Waals surface area (Å²) in [5.74, 6) is -0.718. The number of aliphatic carboxylic acids is 1. The van der Waals surface area contributed by atoms with Gasteiger partial charge in [0.1, 0.15) is 0 Å². The number of benzene rings is 1. The lowest BCUT2D eigenvalue weighted by Gasteiger charge is -2.46. The molecule has 2 saturated heterocycles. The molecule has 1 N–H and O–H groups in total. The molecule has 2 heterocycles. The van der Waals surface area contributed by atoms with Crippen LogP contribution in [0, 0.1) is 0 Å². The summed E-state index contributed by atoms with van der Waals surface area (Å²) in [5.41, 5.74) is 1.12. The van der Waals surface area contributed by atoms with Gasteiger partial charge in [0.15, 0.2) is 0 Å². The van der Waals surface area contributed by atoms with E-state index in [4.69, 9.17) is 0 Å². The molecule has 0 spiro atoms. The molecular weight excluding hydrogens is 264 g/mol. The fourth-order valence-electron chi connectivity index (χ4n) is 3.91. The first-order chi connectivity index (χ1) is 10.1. The number of fused-ring (bicyclic) bond motifs is 1. The van der Waals surface area contributed by atoms with Crippen molar-refractivity contribution in [2.45, 2.75) is 44.3 Å². The van der Waals surface area contributed by atoms with Crippen LogP contribution in [0.3, 0.4) is 0 Å². The molecule has 1 aromatic rings. The van der Waals surface area contributed by atoms with Gasteiger partial charge in [-0.1, -0.05) is 30.3 Å². The molecule has 0 radical (unpaired) electrons. The minimum absolute atomic E-state index is 0.0125. The zero-order valence-corrected chi connectivity index (χ0v) is 12.6. The maximum Gasteiger partial charge on any atom is 0.305 e. The number of carboxylic acids is 1. The number of piperazine rings is 1. The van der Waals surface area contributed by atoms with E-state index >= 15 is 0 Å². The SMILES string of the molecule is CC1CN2CCCC2CN1C(CC(=O)O)c1ccccc1. The molecule has 2 aliphatic heterocycles. The predicted octanol–water partition coefficient (Wildman–Crippen LogP) is 2.37. The summed E-state index contributed by atoms with van der Waals surface area (Å²) in [6.07, 6.45) is 2.71. The van der Waals surface area contributed by atoms with Gasteiger partial charge in [-0.05, 0) is 31.9 Å². The average molecular weight is 288 g/mol. The summed E-state index contributed by atoms with van der Waals surface area (Å²) in [6, 6.07) is 11.1. The maximum absolute atomic E-state index is 11.3. The Morgan fingerprint density at radius 3 is 2.81 bits per heavy atom. The average Bonchev–Trinajstić information content (AvgIpc) is 2.92. The fraction of sp³-hybridized carbons (Fsp3) is 0.588. The van der Waals surface area contributed by atoms with Gasteiger partial charge in [-0.25, -0.2) is 0 Å². The van der Waals surface area contributed by atoms with Crippen LogP contribution in [0.4, 0.5) is 0 Å². The van der Waals surface area contributed by atoms with Gasteiger partial charge in [0.25, 0.3) is 0 Å². The molecule has 0 aromatic heterocycles. The fourth-order valence-corrected chi connectivity index (χ4v) is 3.91. The standard InChI is InChI=1S/C17H24N2O2/c1-13-11-18-9-5-8-15(18)12-19(13)16(10-17(20)21)14-6-3-2-4-7-14/h2-4,6-7,13,15-16H,5,8-12H2,1H3,(H,20,21). The first-order valence-electron chi connectivity index (χ1n) is 7.91. The zero-order chi connectivity index (χ0) is 14.8. The first-order valence-corrected chi connectivity index (χ1v) is 7.91. The molecule has 3 atom stereocenters. The molecular formula is C17H24N2O2. The van der Waals surface area contributed by atoms with Gasteiger partial charge in [-0.2, -0.15) is 0 Å². The number of nitrogens with zero attached hydrogens (tertiary/aromatic N) is 2. The van der Waals surface area contributed by atoms with Crippen LogP contribution in [0.5, 0.6) is 0 Å². The Kier molecular flexibility index (Phi) is 4.27. The Bertz CT molecular complexity index is 491. The monoisotopic (exact) mass is 288 g/mol. The third kappa shape index (κ3) is 3.11. The third-order valence-corrected chi connectivity index (χ3v) is 4.94. The van der Waals surface area contributed by atoms with Gasteiger partial charge < -0.3 is 5.11 Å². The highest BCUT2D eigenvalue weighted by Gasteiger charge is 2.38. The Labute approximate surface area is 126 Å². The van der Waals surface area contributed by atoms with Crippen LogP contribution in [-0.2, 0) is 4.79 Å². The lowest BCUT2D eigenvalue weighted by molar-refractivity contribution is -0.139. The van der Waals surface area contributed by atoms with E-state index in [-0.39, 0.29) is 12.5 Å². The number of hydrogen-bond acceptors (Lipinski definition) is 3. The van der Waals surface area contributed by atoms with Crippen molar-refractivity contribution >= 4 is 5.97 Å². The third-order valence-electron chi connectivity index (χ3n) is 4.94. The minimum Gasteiger partial charge on any atom is -0.481 e. The van der Waals surface area contributed by atoms with Crippen LogP contribution in [0.1, 0.15) is 37.8 Å². The minimum atomic E-state index is -0.718. The van der Waals surface area contributed by atoms with Crippen molar-refractivity contribution in [2.24, 2.45) is 0 Å².